The number of hydrogen-bond donors (Lipinski definition) is 0. The highest BCUT2D eigenvalue weighted by atomic mass is 32.2. The van der Waals surface area contributed by atoms with Crippen molar-refractivity contribution in [1.29, 1.82) is 0 Å². The van der Waals surface area contributed by atoms with E-state index in [1.165, 1.54) is 11.8 Å². The van der Waals surface area contributed by atoms with E-state index in [2.05, 4.69) is 0 Å². The van der Waals surface area contributed by atoms with Gasteiger partial charge in [-0.3, -0.25) is 9.69 Å². The van der Waals surface area contributed by atoms with Gasteiger partial charge in [0, 0.05) is 5.56 Å². The predicted octanol–water partition coefficient (Wildman–Crippen LogP) is 5.51. The Morgan fingerprint density at radius 2 is 1.61 bits per heavy atom. The van der Waals surface area contributed by atoms with Gasteiger partial charge in [-0.25, -0.2) is 4.99 Å². The lowest BCUT2D eigenvalue weighted by molar-refractivity contribution is -0.122. The summed E-state index contributed by atoms with van der Waals surface area (Å²) in [6.45, 7) is 0.449. The molecule has 0 aromatic heterocycles. The Balaban J connectivity index is 1.73. The number of methoxy groups -OCH3 is 2. The third-order valence-electron chi connectivity index (χ3n) is 4.77. The van der Waals surface area contributed by atoms with Crippen molar-refractivity contribution in [2.24, 2.45) is 4.99 Å². The molecule has 0 bridgehead atoms. The molecule has 156 valence electrons. The molecule has 0 N–H and O–H groups in total. The molecule has 3 aromatic rings. The first-order valence-corrected chi connectivity index (χ1v) is 10.6. The van der Waals surface area contributed by atoms with Gasteiger partial charge in [-0.05, 0) is 41.6 Å². The Morgan fingerprint density at radius 3 is 2.29 bits per heavy atom. The van der Waals surface area contributed by atoms with Gasteiger partial charge in [-0.1, -0.05) is 60.7 Å². The van der Waals surface area contributed by atoms with Crippen molar-refractivity contribution in [2.75, 3.05) is 14.2 Å². The van der Waals surface area contributed by atoms with Gasteiger partial charge in [-0.2, -0.15) is 0 Å². The fourth-order valence-corrected chi connectivity index (χ4v) is 4.27. The van der Waals surface area contributed by atoms with E-state index in [1.54, 1.807) is 19.1 Å². The molecule has 0 spiro atoms. The van der Waals surface area contributed by atoms with Gasteiger partial charge in [0.15, 0.2) is 16.7 Å². The van der Waals surface area contributed by atoms with Crippen molar-refractivity contribution in [3.8, 4) is 11.5 Å². The van der Waals surface area contributed by atoms with Gasteiger partial charge in [0.2, 0.25) is 0 Å². The van der Waals surface area contributed by atoms with Crippen LogP contribution in [-0.4, -0.2) is 30.2 Å². The number of para-hydroxylation sites is 2. The largest absolute Gasteiger partial charge is 0.493 e. The van der Waals surface area contributed by atoms with E-state index in [4.69, 9.17) is 14.5 Å². The molecule has 6 heteroatoms. The molecule has 31 heavy (non-hydrogen) atoms. The first-order chi connectivity index (χ1) is 15.2. The molecule has 0 aliphatic carbocycles. The van der Waals surface area contributed by atoms with Crippen LogP contribution in [0.25, 0.3) is 6.08 Å². The van der Waals surface area contributed by atoms with Crippen LogP contribution in [0.3, 0.4) is 0 Å². The molecule has 0 radical (unpaired) electrons. The molecule has 1 fully saturated rings. The zero-order valence-corrected chi connectivity index (χ0v) is 18.1. The fraction of sp³-hybridized carbons (Fsp3) is 0.120. The predicted molar refractivity (Wildman–Crippen MR) is 126 cm³/mol. The quantitative estimate of drug-likeness (QED) is 0.484. The van der Waals surface area contributed by atoms with Crippen LogP contribution in [0.1, 0.15) is 11.1 Å². The summed E-state index contributed by atoms with van der Waals surface area (Å²) < 4.78 is 10.9. The lowest BCUT2D eigenvalue weighted by Crippen LogP contribution is -2.28. The summed E-state index contributed by atoms with van der Waals surface area (Å²) in [6, 6.07) is 25.2. The van der Waals surface area contributed by atoms with Gasteiger partial charge in [0.1, 0.15) is 0 Å². The monoisotopic (exact) mass is 430 g/mol. The van der Waals surface area contributed by atoms with Crippen molar-refractivity contribution in [1.82, 2.24) is 4.90 Å². The number of carbonyl (C=O) groups excluding carboxylic acids is 1. The van der Waals surface area contributed by atoms with E-state index in [0.29, 0.717) is 28.1 Å². The van der Waals surface area contributed by atoms with Gasteiger partial charge in [-0.15, -0.1) is 0 Å². The molecule has 1 saturated heterocycles. The van der Waals surface area contributed by atoms with Gasteiger partial charge in [0.25, 0.3) is 5.91 Å². The SMILES string of the molecule is COc1cccc(/C=C2/SC(=Nc3ccccc3)N(Cc3ccccc3)C2=O)c1OC. The molecule has 1 aliphatic heterocycles. The summed E-state index contributed by atoms with van der Waals surface area (Å²) in [5.74, 6) is 1.12. The van der Waals surface area contributed by atoms with Crippen LogP contribution in [-0.2, 0) is 11.3 Å². The van der Waals surface area contributed by atoms with Crippen LogP contribution in [0.15, 0.2) is 88.8 Å². The van der Waals surface area contributed by atoms with E-state index < -0.39 is 0 Å². The van der Waals surface area contributed by atoms with Gasteiger partial charge in [0.05, 0.1) is 31.4 Å². The Kier molecular flexibility index (Phi) is 6.38. The van der Waals surface area contributed by atoms with Gasteiger partial charge >= 0.3 is 0 Å². The van der Waals surface area contributed by atoms with Crippen LogP contribution in [0.4, 0.5) is 5.69 Å². The van der Waals surface area contributed by atoms with E-state index >= 15 is 0 Å². The Hall–Kier alpha value is -3.51. The van der Waals surface area contributed by atoms with Gasteiger partial charge < -0.3 is 9.47 Å². The number of aliphatic imine (C=N–C) groups is 1. The number of carbonyl (C=O) groups is 1. The summed E-state index contributed by atoms with van der Waals surface area (Å²) in [5.41, 5.74) is 2.62. The zero-order chi connectivity index (χ0) is 21.6. The summed E-state index contributed by atoms with van der Waals surface area (Å²) in [4.78, 5) is 20.4. The molecule has 0 unspecified atom stereocenters. The number of nitrogens with zero attached hydrogens (tertiary/aromatic N) is 2. The van der Waals surface area contributed by atoms with Crippen molar-refractivity contribution in [3.05, 3.63) is 94.9 Å². The maximum Gasteiger partial charge on any atom is 0.267 e. The molecule has 1 aliphatic rings. The zero-order valence-electron chi connectivity index (χ0n) is 17.3. The molecular weight excluding hydrogens is 408 g/mol. The summed E-state index contributed by atoms with van der Waals surface area (Å²) in [5, 5.41) is 0.646. The van der Waals surface area contributed by atoms with E-state index in [-0.39, 0.29) is 5.91 Å². The summed E-state index contributed by atoms with van der Waals surface area (Å²) in [6.07, 6.45) is 1.83. The molecular formula is C25H22N2O3S. The Bertz CT molecular complexity index is 1130. The number of thioether (sulfide) groups is 1. The lowest BCUT2D eigenvalue weighted by Gasteiger charge is -2.15. The number of ether oxygens (including phenoxy) is 2. The van der Waals surface area contributed by atoms with Crippen LogP contribution in [0, 0.1) is 0 Å². The second-order valence-electron chi connectivity index (χ2n) is 6.80. The first kappa shape index (κ1) is 20.8. The molecule has 1 heterocycles. The third kappa shape index (κ3) is 4.64. The molecule has 4 rings (SSSR count). The highest BCUT2D eigenvalue weighted by molar-refractivity contribution is 8.18. The maximum absolute atomic E-state index is 13.4. The summed E-state index contributed by atoms with van der Waals surface area (Å²) in [7, 11) is 3.18. The number of benzene rings is 3. The highest BCUT2D eigenvalue weighted by Crippen LogP contribution is 2.38. The second kappa shape index (κ2) is 9.53. The molecule has 1 amide bonds. The van der Waals surface area contributed by atoms with E-state index in [9.17, 15) is 4.79 Å². The number of amides is 1. The maximum atomic E-state index is 13.4. The summed E-state index contributed by atoms with van der Waals surface area (Å²) >= 11 is 1.36. The van der Waals surface area contributed by atoms with E-state index in [1.807, 2.05) is 84.9 Å². The van der Waals surface area contributed by atoms with E-state index in [0.717, 1.165) is 16.8 Å². The molecule has 5 nitrogen and oxygen atoms in total. The minimum Gasteiger partial charge on any atom is -0.493 e. The number of amidine groups is 1. The normalized spacial score (nSPS) is 16.2. The fourth-order valence-electron chi connectivity index (χ4n) is 3.28. The molecule has 3 aromatic carbocycles. The minimum absolute atomic E-state index is 0.0894. The Labute approximate surface area is 186 Å². The van der Waals surface area contributed by atoms with Crippen molar-refractivity contribution in [2.45, 2.75) is 6.54 Å². The minimum atomic E-state index is -0.0894. The van der Waals surface area contributed by atoms with Crippen molar-refractivity contribution >= 4 is 34.6 Å². The smallest absolute Gasteiger partial charge is 0.267 e. The number of hydrogen-bond acceptors (Lipinski definition) is 5. The van der Waals surface area contributed by atoms with Crippen LogP contribution in [0.2, 0.25) is 0 Å². The van der Waals surface area contributed by atoms with Crippen molar-refractivity contribution in [3.63, 3.8) is 0 Å². The Morgan fingerprint density at radius 1 is 0.903 bits per heavy atom. The van der Waals surface area contributed by atoms with Crippen LogP contribution in [0.5, 0.6) is 11.5 Å². The second-order valence-corrected chi connectivity index (χ2v) is 7.81. The standard InChI is InChI=1S/C25H22N2O3S/c1-29-21-15-9-12-19(23(21)30-2)16-22-24(28)27(17-18-10-5-3-6-11-18)25(31-22)26-20-13-7-4-8-14-20/h3-16H,17H2,1-2H3/b22-16+,26-25?. The average molecular weight is 431 g/mol. The van der Waals surface area contributed by atoms with Crippen LogP contribution < -0.4 is 9.47 Å². The molecule has 0 saturated carbocycles. The average Bonchev–Trinajstić information content (AvgIpc) is 3.09. The van der Waals surface area contributed by atoms with Crippen LogP contribution >= 0.6 is 11.8 Å². The van der Waals surface area contributed by atoms with Crippen molar-refractivity contribution < 1.29 is 14.3 Å². The third-order valence-corrected chi connectivity index (χ3v) is 5.78. The number of rotatable bonds is 6. The first-order valence-electron chi connectivity index (χ1n) is 9.79. The lowest BCUT2D eigenvalue weighted by atomic mass is 10.1. The topological polar surface area (TPSA) is 51.1 Å². The highest BCUT2D eigenvalue weighted by Gasteiger charge is 2.33. The molecule has 0 atom stereocenters.